The van der Waals surface area contributed by atoms with E-state index >= 15 is 0 Å². The fourth-order valence-electron chi connectivity index (χ4n) is 2.28. The van der Waals surface area contributed by atoms with E-state index in [0.717, 1.165) is 18.4 Å². The molecule has 1 aliphatic rings. The van der Waals surface area contributed by atoms with Crippen molar-refractivity contribution < 1.29 is 9.50 Å². The largest absolute Gasteiger partial charge is 0.387 e. The Morgan fingerprint density at radius 3 is 2.50 bits per heavy atom. The van der Waals surface area contributed by atoms with E-state index in [4.69, 9.17) is 0 Å². The second-order valence-corrected chi connectivity index (χ2v) is 6.06. The van der Waals surface area contributed by atoms with Crippen molar-refractivity contribution in [2.24, 2.45) is 0 Å². The number of thioether (sulfide) groups is 1. The molecule has 1 aromatic rings. The van der Waals surface area contributed by atoms with Gasteiger partial charge < -0.3 is 10.4 Å². The maximum absolute atomic E-state index is 12.8. The molecule has 2 N–H and O–H groups in total. The van der Waals surface area contributed by atoms with Crippen molar-refractivity contribution >= 4 is 11.8 Å². The van der Waals surface area contributed by atoms with Crippen LogP contribution in [0.25, 0.3) is 0 Å². The Hall–Kier alpha value is -0.580. The van der Waals surface area contributed by atoms with Crippen LogP contribution in [-0.4, -0.2) is 28.7 Å². The van der Waals surface area contributed by atoms with Gasteiger partial charge in [0.15, 0.2) is 0 Å². The van der Waals surface area contributed by atoms with Gasteiger partial charge in [0.05, 0.1) is 6.10 Å². The minimum absolute atomic E-state index is 0.0106. The summed E-state index contributed by atoms with van der Waals surface area (Å²) in [6.45, 7) is 1.98. The van der Waals surface area contributed by atoms with Gasteiger partial charge in [0.25, 0.3) is 0 Å². The van der Waals surface area contributed by atoms with Crippen molar-refractivity contribution in [2.75, 3.05) is 11.5 Å². The topological polar surface area (TPSA) is 32.3 Å². The summed E-state index contributed by atoms with van der Waals surface area (Å²) in [5, 5.41) is 13.7. The molecule has 1 aromatic carbocycles. The first-order chi connectivity index (χ1) is 8.66. The first-order valence-corrected chi connectivity index (χ1v) is 7.59. The van der Waals surface area contributed by atoms with E-state index in [1.165, 1.54) is 23.6 Å². The smallest absolute Gasteiger partial charge is 0.123 e. The van der Waals surface area contributed by atoms with Gasteiger partial charge in [0, 0.05) is 12.1 Å². The number of nitrogens with one attached hydrogen (secondary N) is 1. The predicted octanol–water partition coefficient (Wildman–Crippen LogP) is 2.73. The highest BCUT2D eigenvalue weighted by Gasteiger charge is 2.21. The standard InChI is InChI=1S/C14H20FNOS/c1-10(16-13-6-8-18-9-7-13)14(17)11-2-4-12(15)5-3-11/h2-5,10,13-14,16-17H,6-9H2,1H3. The van der Waals surface area contributed by atoms with Gasteiger partial charge in [-0.2, -0.15) is 11.8 Å². The van der Waals surface area contributed by atoms with E-state index in [2.05, 4.69) is 5.32 Å². The second-order valence-electron chi connectivity index (χ2n) is 4.84. The molecule has 1 aliphatic heterocycles. The van der Waals surface area contributed by atoms with Crippen LogP contribution in [0.1, 0.15) is 31.4 Å². The van der Waals surface area contributed by atoms with Crippen LogP contribution in [0.5, 0.6) is 0 Å². The molecule has 4 heteroatoms. The van der Waals surface area contributed by atoms with E-state index in [9.17, 15) is 9.50 Å². The summed E-state index contributed by atoms with van der Waals surface area (Å²) < 4.78 is 12.8. The molecule has 1 saturated heterocycles. The third kappa shape index (κ3) is 3.70. The van der Waals surface area contributed by atoms with Crippen molar-refractivity contribution in [1.82, 2.24) is 5.32 Å². The van der Waals surface area contributed by atoms with Crippen LogP contribution in [0.2, 0.25) is 0 Å². The summed E-state index contributed by atoms with van der Waals surface area (Å²) in [4.78, 5) is 0. The van der Waals surface area contributed by atoms with Crippen LogP contribution < -0.4 is 5.32 Å². The Morgan fingerprint density at radius 1 is 1.28 bits per heavy atom. The molecule has 2 nitrogen and oxygen atoms in total. The summed E-state index contributed by atoms with van der Waals surface area (Å²) in [6, 6.07) is 6.56. The normalized spacial score (nSPS) is 20.6. The fraction of sp³-hybridized carbons (Fsp3) is 0.571. The molecule has 2 atom stereocenters. The summed E-state index contributed by atoms with van der Waals surface area (Å²) >= 11 is 1.99. The molecule has 0 amide bonds. The summed E-state index contributed by atoms with van der Waals surface area (Å²) in [7, 11) is 0. The zero-order valence-electron chi connectivity index (χ0n) is 10.6. The summed E-state index contributed by atoms with van der Waals surface area (Å²) in [5.41, 5.74) is 0.765. The van der Waals surface area contributed by atoms with Crippen LogP contribution >= 0.6 is 11.8 Å². The molecule has 0 radical (unpaired) electrons. The van der Waals surface area contributed by atoms with Gasteiger partial charge in [-0.3, -0.25) is 0 Å². The van der Waals surface area contributed by atoms with Crippen molar-refractivity contribution in [1.29, 1.82) is 0 Å². The van der Waals surface area contributed by atoms with E-state index < -0.39 is 6.10 Å². The van der Waals surface area contributed by atoms with E-state index in [0.29, 0.717) is 6.04 Å². The Balaban J connectivity index is 1.91. The third-order valence-electron chi connectivity index (χ3n) is 3.41. The average Bonchev–Trinajstić information content (AvgIpc) is 2.40. The molecule has 0 spiro atoms. The minimum Gasteiger partial charge on any atom is -0.387 e. The second kappa shape index (κ2) is 6.55. The lowest BCUT2D eigenvalue weighted by atomic mass is 10.0. The van der Waals surface area contributed by atoms with Crippen LogP contribution in [0.15, 0.2) is 24.3 Å². The molecule has 2 unspecified atom stereocenters. The zero-order valence-corrected chi connectivity index (χ0v) is 11.4. The molecule has 1 fully saturated rings. The minimum atomic E-state index is -0.583. The Bertz CT molecular complexity index is 365. The van der Waals surface area contributed by atoms with Crippen LogP contribution in [-0.2, 0) is 0 Å². The van der Waals surface area contributed by atoms with Crippen LogP contribution in [0.3, 0.4) is 0 Å². The molecule has 0 aromatic heterocycles. The SMILES string of the molecule is CC(NC1CCSCC1)C(O)c1ccc(F)cc1. The van der Waals surface area contributed by atoms with Gasteiger partial charge in [-0.15, -0.1) is 0 Å². The number of hydrogen-bond donors (Lipinski definition) is 2. The average molecular weight is 269 g/mol. The van der Waals surface area contributed by atoms with Crippen molar-refractivity contribution in [3.8, 4) is 0 Å². The number of rotatable bonds is 4. The van der Waals surface area contributed by atoms with E-state index in [1.54, 1.807) is 12.1 Å². The molecular weight excluding hydrogens is 249 g/mol. The quantitative estimate of drug-likeness (QED) is 0.881. The van der Waals surface area contributed by atoms with Crippen molar-refractivity contribution in [2.45, 2.75) is 38.0 Å². The van der Waals surface area contributed by atoms with Gasteiger partial charge in [0.1, 0.15) is 5.82 Å². The van der Waals surface area contributed by atoms with Gasteiger partial charge in [0.2, 0.25) is 0 Å². The number of aliphatic hydroxyl groups is 1. The van der Waals surface area contributed by atoms with Crippen LogP contribution in [0, 0.1) is 5.82 Å². The van der Waals surface area contributed by atoms with Gasteiger partial charge in [-0.1, -0.05) is 12.1 Å². The van der Waals surface area contributed by atoms with Gasteiger partial charge >= 0.3 is 0 Å². The van der Waals surface area contributed by atoms with Gasteiger partial charge in [-0.25, -0.2) is 4.39 Å². The molecule has 0 saturated carbocycles. The Kier molecular flexibility index (Phi) is 5.03. The highest BCUT2D eigenvalue weighted by Crippen LogP contribution is 2.21. The third-order valence-corrected chi connectivity index (χ3v) is 4.45. The van der Waals surface area contributed by atoms with Crippen molar-refractivity contribution in [3.05, 3.63) is 35.6 Å². The first-order valence-electron chi connectivity index (χ1n) is 6.44. The summed E-state index contributed by atoms with van der Waals surface area (Å²) in [5.74, 6) is 2.12. The molecular formula is C14H20FNOS. The molecule has 100 valence electrons. The Labute approximate surface area is 112 Å². The van der Waals surface area contributed by atoms with Crippen molar-refractivity contribution in [3.63, 3.8) is 0 Å². The molecule has 18 heavy (non-hydrogen) atoms. The molecule has 0 bridgehead atoms. The lowest BCUT2D eigenvalue weighted by Gasteiger charge is -2.29. The van der Waals surface area contributed by atoms with Crippen LogP contribution in [0.4, 0.5) is 4.39 Å². The van der Waals surface area contributed by atoms with E-state index in [-0.39, 0.29) is 11.9 Å². The fourth-order valence-corrected chi connectivity index (χ4v) is 3.38. The molecule has 1 heterocycles. The highest BCUT2D eigenvalue weighted by molar-refractivity contribution is 7.99. The zero-order chi connectivity index (χ0) is 13.0. The Morgan fingerprint density at radius 2 is 1.89 bits per heavy atom. The number of benzene rings is 1. The molecule has 2 rings (SSSR count). The predicted molar refractivity (Wildman–Crippen MR) is 74.3 cm³/mol. The first kappa shape index (κ1) is 13.8. The lowest BCUT2D eigenvalue weighted by molar-refractivity contribution is 0.128. The molecule has 0 aliphatic carbocycles. The summed E-state index contributed by atoms with van der Waals surface area (Å²) in [6.07, 6.45) is 1.73. The highest BCUT2D eigenvalue weighted by atomic mass is 32.2. The monoisotopic (exact) mass is 269 g/mol. The maximum atomic E-state index is 12.8. The number of aliphatic hydroxyl groups excluding tert-OH is 1. The van der Waals surface area contributed by atoms with E-state index in [1.807, 2.05) is 18.7 Å². The maximum Gasteiger partial charge on any atom is 0.123 e. The number of hydrogen-bond acceptors (Lipinski definition) is 3. The lowest BCUT2D eigenvalue weighted by Crippen LogP contribution is -2.41. The number of halogens is 1. The van der Waals surface area contributed by atoms with Gasteiger partial charge in [-0.05, 0) is 49.0 Å².